The van der Waals surface area contributed by atoms with Crippen LogP contribution >= 0.6 is 22.9 Å². The van der Waals surface area contributed by atoms with Crippen molar-refractivity contribution < 1.29 is 0 Å². The molecule has 0 aromatic carbocycles. The van der Waals surface area contributed by atoms with Crippen LogP contribution in [0.5, 0.6) is 0 Å². The molecule has 0 bridgehead atoms. The summed E-state index contributed by atoms with van der Waals surface area (Å²) < 4.78 is 0.867. The van der Waals surface area contributed by atoms with Gasteiger partial charge in [-0.2, -0.15) is 0 Å². The number of hydrogen-bond acceptors (Lipinski definition) is 4. The van der Waals surface area contributed by atoms with Crippen LogP contribution in [0.15, 0.2) is 5.51 Å². The monoisotopic (exact) mass is 213 g/mol. The summed E-state index contributed by atoms with van der Waals surface area (Å²) in [6.45, 7) is 4.06. The topological polar surface area (TPSA) is 38.7 Å². The number of halogens is 1. The number of hydrogen-bond donors (Lipinski definition) is 0. The van der Waals surface area contributed by atoms with Gasteiger partial charge in [0.2, 0.25) is 0 Å². The van der Waals surface area contributed by atoms with Crippen LogP contribution < -0.4 is 0 Å². The van der Waals surface area contributed by atoms with E-state index in [0.717, 1.165) is 10.5 Å². The largest absolute Gasteiger partial charge is 0.225 e. The van der Waals surface area contributed by atoms with Gasteiger partial charge >= 0.3 is 0 Å². The van der Waals surface area contributed by atoms with E-state index in [2.05, 4.69) is 15.0 Å². The molecule has 0 spiro atoms. The Hall–Kier alpha value is -0.740. The fraction of sp³-hybridized carbons (Fsp3) is 0.375. The highest BCUT2D eigenvalue weighted by molar-refractivity contribution is 7.17. The average Bonchev–Trinajstić information content (AvgIpc) is 2.51. The van der Waals surface area contributed by atoms with Gasteiger partial charge in [-0.25, -0.2) is 15.0 Å². The minimum absolute atomic E-state index is 0.281. The van der Waals surface area contributed by atoms with Gasteiger partial charge in [-0.05, 0) is 0 Å². The smallest absolute Gasteiger partial charge is 0.175 e. The lowest BCUT2D eigenvalue weighted by Gasteiger charge is -2.02. The highest BCUT2D eigenvalue weighted by atomic mass is 35.5. The molecule has 0 amide bonds. The second-order valence-electron chi connectivity index (χ2n) is 3.03. The van der Waals surface area contributed by atoms with Crippen LogP contribution in [-0.4, -0.2) is 15.0 Å². The van der Waals surface area contributed by atoms with Gasteiger partial charge in [0.05, 0.1) is 5.51 Å². The number of thiazole rings is 1. The van der Waals surface area contributed by atoms with Gasteiger partial charge in [0.15, 0.2) is 10.8 Å². The van der Waals surface area contributed by atoms with Crippen LogP contribution in [0, 0.1) is 0 Å². The van der Waals surface area contributed by atoms with Gasteiger partial charge in [0.25, 0.3) is 0 Å². The molecule has 0 radical (unpaired) electrons. The van der Waals surface area contributed by atoms with Crippen molar-refractivity contribution in [3.05, 3.63) is 16.5 Å². The molecule has 3 nitrogen and oxygen atoms in total. The molecule has 2 aromatic rings. The maximum absolute atomic E-state index is 5.97. The average molecular weight is 214 g/mol. The van der Waals surface area contributed by atoms with Crippen molar-refractivity contribution in [3.8, 4) is 0 Å². The number of fused-ring (bicyclic) bond motifs is 1. The van der Waals surface area contributed by atoms with E-state index in [1.54, 1.807) is 5.51 Å². The summed E-state index contributed by atoms with van der Waals surface area (Å²) in [5.74, 6) is 1.03. The summed E-state index contributed by atoms with van der Waals surface area (Å²) in [6, 6.07) is 0. The molecule has 0 aliphatic carbocycles. The van der Waals surface area contributed by atoms with E-state index < -0.39 is 0 Å². The van der Waals surface area contributed by atoms with Gasteiger partial charge in [-0.15, -0.1) is 11.3 Å². The van der Waals surface area contributed by atoms with Crippen LogP contribution in [0.3, 0.4) is 0 Å². The first kappa shape index (κ1) is 8.84. The van der Waals surface area contributed by atoms with Crippen molar-refractivity contribution >= 4 is 33.3 Å². The van der Waals surface area contributed by atoms with E-state index in [1.165, 1.54) is 11.3 Å². The van der Waals surface area contributed by atoms with Crippen molar-refractivity contribution in [3.63, 3.8) is 0 Å². The molecule has 68 valence electrons. The lowest BCUT2D eigenvalue weighted by atomic mass is 10.2. The molecule has 2 heterocycles. The third-order valence-corrected chi connectivity index (χ3v) is 2.89. The molecule has 0 fully saturated rings. The molecule has 0 aliphatic rings. The molecular formula is C8H8ClN3S. The van der Waals surface area contributed by atoms with Crippen molar-refractivity contribution in [1.82, 2.24) is 15.0 Å². The summed E-state index contributed by atoms with van der Waals surface area (Å²) in [7, 11) is 0. The zero-order chi connectivity index (χ0) is 9.42. The Balaban J connectivity index is 2.70. The molecule has 0 unspecified atom stereocenters. The molecule has 0 aliphatic heterocycles. The fourth-order valence-corrected chi connectivity index (χ4v) is 1.91. The third-order valence-electron chi connectivity index (χ3n) is 1.69. The quantitative estimate of drug-likeness (QED) is 0.684. The normalized spacial score (nSPS) is 11.4. The van der Waals surface area contributed by atoms with Gasteiger partial charge in [0.1, 0.15) is 10.5 Å². The Morgan fingerprint density at radius 2 is 2.15 bits per heavy atom. The summed E-state index contributed by atoms with van der Waals surface area (Å²) in [5, 5.41) is 0.510. The van der Waals surface area contributed by atoms with Crippen molar-refractivity contribution in [2.24, 2.45) is 0 Å². The van der Waals surface area contributed by atoms with Gasteiger partial charge < -0.3 is 0 Å². The molecule has 2 aromatic heterocycles. The lowest BCUT2D eigenvalue weighted by molar-refractivity contribution is 0.782. The molecule has 0 N–H and O–H groups in total. The van der Waals surface area contributed by atoms with E-state index >= 15 is 0 Å². The van der Waals surface area contributed by atoms with Crippen LogP contribution in [0.2, 0.25) is 5.15 Å². The second kappa shape index (κ2) is 3.20. The van der Waals surface area contributed by atoms with Crippen molar-refractivity contribution in [2.45, 2.75) is 19.8 Å². The fourth-order valence-electron chi connectivity index (χ4n) is 1.00. The molecule has 0 saturated heterocycles. The summed E-state index contributed by atoms with van der Waals surface area (Å²) in [6.07, 6.45) is 0. The maximum atomic E-state index is 5.97. The first-order chi connectivity index (χ1) is 6.18. The van der Waals surface area contributed by atoms with Crippen molar-refractivity contribution in [1.29, 1.82) is 0 Å². The number of rotatable bonds is 1. The molecule has 5 heteroatoms. The Labute approximate surface area is 84.8 Å². The Morgan fingerprint density at radius 3 is 2.85 bits per heavy atom. The standard InChI is InChI=1S/C8H8ClN3S/c1-4(2)7-11-6(9)5-8(12-7)10-3-13-5/h3-4H,1-2H3. The van der Waals surface area contributed by atoms with Crippen molar-refractivity contribution in [2.75, 3.05) is 0 Å². The Kier molecular flexibility index (Phi) is 2.17. The van der Waals surface area contributed by atoms with E-state index in [9.17, 15) is 0 Å². The van der Waals surface area contributed by atoms with Crippen LogP contribution in [-0.2, 0) is 0 Å². The summed E-state index contributed by atoms with van der Waals surface area (Å²) in [4.78, 5) is 12.6. The minimum atomic E-state index is 0.281. The maximum Gasteiger partial charge on any atom is 0.175 e. The number of aromatic nitrogens is 3. The highest BCUT2D eigenvalue weighted by Crippen LogP contribution is 2.25. The first-order valence-electron chi connectivity index (χ1n) is 3.95. The van der Waals surface area contributed by atoms with Gasteiger partial charge in [-0.1, -0.05) is 25.4 Å². The summed E-state index contributed by atoms with van der Waals surface area (Å²) >= 11 is 7.43. The molecular weight excluding hydrogens is 206 g/mol. The minimum Gasteiger partial charge on any atom is -0.225 e. The predicted octanol–water partition coefficient (Wildman–Crippen LogP) is 2.86. The van der Waals surface area contributed by atoms with E-state index in [4.69, 9.17) is 11.6 Å². The van der Waals surface area contributed by atoms with E-state index in [1.807, 2.05) is 13.8 Å². The van der Waals surface area contributed by atoms with Crippen LogP contribution in [0.4, 0.5) is 0 Å². The Bertz CT molecular complexity index is 438. The highest BCUT2D eigenvalue weighted by Gasteiger charge is 2.10. The number of nitrogens with zero attached hydrogens (tertiary/aromatic N) is 3. The van der Waals surface area contributed by atoms with Gasteiger partial charge in [-0.3, -0.25) is 0 Å². The van der Waals surface area contributed by atoms with E-state index in [0.29, 0.717) is 10.8 Å². The first-order valence-corrected chi connectivity index (χ1v) is 5.21. The zero-order valence-electron chi connectivity index (χ0n) is 7.28. The zero-order valence-corrected chi connectivity index (χ0v) is 8.85. The van der Waals surface area contributed by atoms with Crippen LogP contribution in [0.1, 0.15) is 25.6 Å². The second-order valence-corrected chi connectivity index (χ2v) is 4.25. The lowest BCUT2D eigenvalue weighted by Crippen LogP contribution is -1.97. The molecule has 2 rings (SSSR count). The predicted molar refractivity (Wildman–Crippen MR) is 54.3 cm³/mol. The summed E-state index contributed by atoms with van der Waals surface area (Å²) in [5.41, 5.74) is 2.43. The van der Waals surface area contributed by atoms with Gasteiger partial charge in [0, 0.05) is 5.92 Å². The SMILES string of the molecule is CC(C)c1nc(Cl)c2scnc2n1. The molecule has 0 saturated carbocycles. The van der Waals surface area contributed by atoms with E-state index in [-0.39, 0.29) is 5.92 Å². The van der Waals surface area contributed by atoms with Crippen LogP contribution in [0.25, 0.3) is 10.3 Å². The molecule has 0 atom stereocenters. The molecule has 13 heavy (non-hydrogen) atoms. The third kappa shape index (κ3) is 1.51. The Morgan fingerprint density at radius 1 is 1.38 bits per heavy atom.